The number of hydrogen-bond donors (Lipinski definition) is 0. The van der Waals surface area contributed by atoms with Crippen LogP contribution in [0.1, 0.15) is 43.2 Å². The first-order chi connectivity index (χ1) is 10.2. The SMILES string of the molecule is Cc1ccc(C(=S)C2(N3CCOCC3)CCCCC2)cc1. The van der Waals surface area contributed by atoms with Crippen LogP contribution >= 0.6 is 12.2 Å². The maximum atomic E-state index is 5.99. The van der Waals surface area contributed by atoms with E-state index in [1.165, 1.54) is 43.2 Å². The number of benzene rings is 1. The Hall–Kier alpha value is -0.770. The maximum Gasteiger partial charge on any atom is 0.0594 e. The Morgan fingerprint density at radius 3 is 2.29 bits per heavy atom. The van der Waals surface area contributed by atoms with Crippen molar-refractivity contribution in [3.8, 4) is 0 Å². The van der Waals surface area contributed by atoms with E-state index in [-0.39, 0.29) is 5.54 Å². The topological polar surface area (TPSA) is 12.5 Å². The Balaban J connectivity index is 1.90. The van der Waals surface area contributed by atoms with Gasteiger partial charge in [0.25, 0.3) is 0 Å². The normalized spacial score (nSPS) is 22.9. The molecule has 0 radical (unpaired) electrons. The lowest BCUT2D eigenvalue weighted by Crippen LogP contribution is -2.58. The summed E-state index contributed by atoms with van der Waals surface area (Å²) < 4.78 is 5.55. The molecule has 2 nitrogen and oxygen atoms in total. The molecule has 0 bridgehead atoms. The fraction of sp³-hybridized carbons (Fsp3) is 0.611. The minimum Gasteiger partial charge on any atom is -0.379 e. The number of rotatable bonds is 3. The molecule has 0 atom stereocenters. The Morgan fingerprint density at radius 1 is 1.05 bits per heavy atom. The zero-order valence-electron chi connectivity index (χ0n) is 12.9. The first-order valence-corrected chi connectivity index (χ1v) is 8.57. The number of nitrogens with zero attached hydrogens (tertiary/aromatic N) is 1. The molecular weight excluding hydrogens is 278 g/mol. The quantitative estimate of drug-likeness (QED) is 0.623. The van der Waals surface area contributed by atoms with Gasteiger partial charge in [-0.3, -0.25) is 4.90 Å². The molecule has 0 amide bonds. The molecule has 0 spiro atoms. The van der Waals surface area contributed by atoms with Gasteiger partial charge in [-0.25, -0.2) is 0 Å². The van der Waals surface area contributed by atoms with Crippen molar-refractivity contribution in [2.24, 2.45) is 0 Å². The second kappa shape index (κ2) is 6.55. The molecule has 1 heterocycles. The van der Waals surface area contributed by atoms with Gasteiger partial charge in [0.05, 0.1) is 18.8 Å². The summed E-state index contributed by atoms with van der Waals surface area (Å²) in [5.74, 6) is 0. The molecule has 0 N–H and O–H groups in total. The van der Waals surface area contributed by atoms with Crippen LogP contribution in [0, 0.1) is 6.92 Å². The van der Waals surface area contributed by atoms with Gasteiger partial charge in [-0.2, -0.15) is 0 Å². The van der Waals surface area contributed by atoms with E-state index in [1.807, 2.05) is 0 Å². The number of morpholine rings is 1. The molecule has 3 heteroatoms. The summed E-state index contributed by atoms with van der Waals surface area (Å²) in [6.07, 6.45) is 6.36. The van der Waals surface area contributed by atoms with Crippen molar-refractivity contribution in [2.75, 3.05) is 26.3 Å². The third-order valence-corrected chi connectivity index (χ3v) is 5.65. The first-order valence-electron chi connectivity index (χ1n) is 8.17. The Labute approximate surface area is 133 Å². The Bertz CT molecular complexity index is 484. The van der Waals surface area contributed by atoms with Crippen LogP contribution in [0.3, 0.4) is 0 Å². The van der Waals surface area contributed by atoms with Gasteiger partial charge in [-0.15, -0.1) is 0 Å². The third-order valence-electron chi connectivity index (χ3n) is 5.03. The largest absolute Gasteiger partial charge is 0.379 e. The predicted octanol–water partition coefficient (Wildman–Crippen LogP) is 3.75. The summed E-state index contributed by atoms with van der Waals surface area (Å²) >= 11 is 5.99. The summed E-state index contributed by atoms with van der Waals surface area (Å²) in [6, 6.07) is 8.76. The number of hydrogen-bond acceptors (Lipinski definition) is 3. The van der Waals surface area contributed by atoms with E-state index in [0.29, 0.717) is 0 Å². The van der Waals surface area contributed by atoms with Crippen LogP contribution in [0.5, 0.6) is 0 Å². The lowest BCUT2D eigenvalue weighted by atomic mass is 9.75. The van der Waals surface area contributed by atoms with Crippen molar-refractivity contribution >= 4 is 17.1 Å². The zero-order valence-corrected chi connectivity index (χ0v) is 13.8. The Kier molecular flexibility index (Phi) is 4.72. The molecule has 0 unspecified atom stereocenters. The van der Waals surface area contributed by atoms with E-state index in [1.54, 1.807) is 0 Å². The van der Waals surface area contributed by atoms with Crippen molar-refractivity contribution in [3.63, 3.8) is 0 Å². The Morgan fingerprint density at radius 2 is 1.67 bits per heavy atom. The standard InChI is InChI=1S/C18H25NOS/c1-15-5-7-16(8-6-15)17(21)18(9-3-2-4-10-18)19-11-13-20-14-12-19/h5-8H,2-4,9-14H2,1H3. The highest BCUT2D eigenvalue weighted by molar-refractivity contribution is 7.81. The van der Waals surface area contributed by atoms with Gasteiger partial charge in [0, 0.05) is 18.0 Å². The van der Waals surface area contributed by atoms with E-state index < -0.39 is 0 Å². The van der Waals surface area contributed by atoms with Gasteiger partial charge in [-0.05, 0) is 25.3 Å². The van der Waals surface area contributed by atoms with Crippen LogP contribution in [0.25, 0.3) is 0 Å². The highest BCUT2D eigenvalue weighted by Crippen LogP contribution is 2.37. The molecule has 1 aliphatic carbocycles. The first kappa shape index (κ1) is 15.1. The summed E-state index contributed by atoms with van der Waals surface area (Å²) in [5, 5.41) is 0. The smallest absolute Gasteiger partial charge is 0.0594 e. The van der Waals surface area contributed by atoms with E-state index in [0.717, 1.165) is 31.2 Å². The fourth-order valence-corrected chi connectivity index (χ4v) is 4.26. The average Bonchev–Trinajstić information content (AvgIpc) is 2.56. The van der Waals surface area contributed by atoms with E-state index in [4.69, 9.17) is 17.0 Å². The second-order valence-corrected chi connectivity index (χ2v) is 6.80. The molecule has 1 aliphatic heterocycles. The van der Waals surface area contributed by atoms with E-state index in [9.17, 15) is 0 Å². The van der Waals surface area contributed by atoms with Crippen LogP contribution in [-0.4, -0.2) is 41.6 Å². The molecule has 1 aromatic rings. The summed E-state index contributed by atoms with van der Waals surface area (Å²) in [6.45, 7) is 5.86. The van der Waals surface area contributed by atoms with Gasteiger partial charge in [0.1, 0.15) is 0 Å². The van der Waals surface area contributed by atoms with Gasteiger partial charge in [0.15, 0.2) is 0 Å². The number of aryl methyl sites for hydroxylation is 1. The minimum atomic E-state index is 0.0899. The average molecular weight is 303 g/mol. The van der Waals surface area contributed by atoms with E-state index in [2.05, 4.69) is 36.1 Å². The molecule has 1 saturated carbocycles. The van der Waals surface area contributed by atoms with Crippen molar-refractivity contribution in [1.82, 2.24) is 4.90 Å². The third kappa shape index (κ3) is 3.05. The highest BCUT2D eigenvalue weighted by atomic mass is 32.1. The van der Waals surface area contributed by atoms with Crippen LogP contribution in [-0.2, 0) is 4.74 Å². The van der Waals surface area contributed by atoms with Gasteiger partial charge < -0.3 is 4.74 Å². The van der Waals surface area contributed by atoms with Gasteiger partial charge in [0.2, 0.25) is 0 Å². The summed E-state index contributed by atoms with van der Waals surface area (Å²) in [7, 11) is 0. The number of ether oxygens (including phenoxy) is 1. The van der Waals surface area contributed by atoms with Gasteiger partial charge >= 0.3 is 0 Å². The lowest BCUT2D eigenvalue weighted by molar-refractivity contribution is -0.00943. The monoisotopic (exact) mass is 303 g/mol. The molecule has 114 valence electrons. The predicted molar refractivity (Wildman–Crippen MR) is 91.1 cm³/mol. The van der Waals surface area contributed by atoms with Crippen LogP contribution < -0.4 is 0 Å². The van der Waals surface area contributed by atoms with Crippen molar-refractivity contribution in [2.45, 2.75) is 44.6 Å². The van der Waals surface area contributed by atoms with Gasteiger partial charge in [-0.1, -0.05) is 61.3 Å². The zero-order chi connectivity index (χ0) is 14.7. The molecule has 1 saturated heterocycles. The molecule has 2 aliphatic rings. The van der Waals surface area contributed by atoms with E-state index >= 15 is 0 Å². The molecule has 3 rings (SSSR count). The van der Waals surface area contributed by atoms with Crippen LogP contribution in [0.15, 0.2) is 24.3 Å². The molecule has 2 fully saturated rings. The highest BCUT2D eigenvalue weighted by Gasteiger charge is 2.42. The molecule has 1 aromatic carbocycles. The van der Waals surface area contributed by atoms with Crippen molar-refractivity contribution in [1.29, 1.82) is 0 Å². The number of thiocarbonyl (C=S) groups is 1. The molecule has 0 aromatic heterocycles. The summed E-state index contributed by atoms with van der Waals surface area (Å²) in [4.78, 5) is 3.77. The minimum absolute atomic E-state index is 0.0899. The summed E-state index contributed by atoms with van der Waals surface area (Å²) in [5.41, 5.74) is 2.63. The molecule has 21 heavy (non-hydrogen) atoms. The van der Waals surface area contributed by atoms with Crippen LogP contribution in [0.2, 0.25) is 0 Å². The maximum absolute atomic E-state index is 5.99. The lowest BCUT2D eigenvalue weighted by Gasteiger charge is -2.48. The fourth-order valence-electron chi connectivity index (χ4n) is 3.79. The van der Waals surface area contributed by atoms with Crippen molar-refractivity contribution in [3.05, 3.63) is 35.4 Å². The van der Waals surface area contributed by atoms with Crippen LogP contribution in [0.4, 0.5) is 0 Å². The molecular formula is C18H25NOS. The second-order valence-electron chi connectivity index (χ2n) is 6.39. The van der Waals surface area contributed by atoms with Crippen molar-refractivity contribution < 1.29 is 4.74 Å².